The van der Waals surface area contributed by atoms with Crippen LogP contribution in [0, 0.1) is 6.92 Å². The van der Waals surface area contributed by atoms with Gasteiger partial charge in [-0.2, -0.15) is 0 Å². The van der Waals surface area contributed by atoms with Crippen molar-refractivity contribution < 1.29 is 19.1 Å². The van der Waals surface area contributed by atoms with Gasteiger partial charge in [0.1, 0.15) is 5.75 Å². The van der Waals surface area contributed by atoms with Crippen LogP contribution in [-0.4, -0.2) is 24.6 Å². The molecule has 0 fully saturated rings. The molecule has 0 saturated heterocycles. The van der Waals surface area contributed by atoms with E-state index in [1.807, 2.05) is 56.3 Å². The fourth-order valence-electron chi connectivity index (χ4n) is 2.52. The summed E-state index contributed by atoms with van der Waals surface area (Å²) in [5, 5.41) is 2.75. The van der Waals surface area contributed by atoms with Gasteiger partial charge in [0.2, 0.25) is 0 Å². The number of ether oxygens (including phenoxy) is 2. The molecule has 1 N–H and O–H groups in total. The fraction of sp³-hybridized carbons (Fsp3) is 0.333. The Morgan fingerprint density at radius 3 is 2.62 bits per heavy atom. The summed E-state index contributed by atoms with van der Waals surface area (Å²) in [4.78, 5) is 24.2. The molecule has 2 rings (SSSR count). The standard InChI is InChI=1S/C21H25NO4/c1-4-25-19-11-6-5-9-17(19)12-13-20(23)26-16(3)21(24)22-18-10-7-8-15(2)14-18/h5-11,14,16H,4,12-13H2,1-3H3,(H,22,24). The van der Waals surface area contributed by atoms with Crippen LogP contribution in [0.2, 0.25) is 0 Å². The Morgan fingerprint density at radius 1 is 1.12 bits per heavy atom. The fourth-order valence-corrected chi connectivity index (χ4v) is 2.52. The van der Waals surface area contributed by atoms with Gasteiger partial charge in [-0.15, -0.1) is 0 Å². The number of carbonyl (C=O) groups excluding carboxylic acids is 2. The molecule has 26 heavy (non-hydrogen) atoms. The van der Waals surface area contributed by atoms with E-state index in [0.29, 0.717) is 18.7 Å². The van der Waals surface area contributed by atoms with Gasteiger partial charge in [0, 0.05) is 12.1 Å². The predicted molar refractivity (Wildman–Crippen MR) is 101 cm³/mol. The quantitative estimate of drug-likeness (QED) is 0.730. The molecule has 0 aromatic heterocycles. The van der Waals surface area contributed by atoms with E-state index >= 15 is 0 Å². The summed E-state index contributed by atoms with van der Waals surface area (Å²) in [6, 6.07) is 15.1. The number of aryl methyl sites for hydroxylation is 2. The van der Waals surface area contributed by atoms with Crippen molar-refractivity contribution in [2.45, 2.75) is 39.7 Å². The molecule has 138 valence electrons. The molecule has 0 aliphatic heterocycles. The summed E-state index contributed by atoms with van der Waals surface area (Å²) in [7, 11) is 0. The third-order valence-electron chi connectivity index (χ3n) is 3.83. The van der Waals surface area contributed by atoms with Crippen LogP contribution in [0.15, 0.2) is 48.5 Å². The van der Waals surface area contributed by atoms with E-state index in [1.165, 1.54) is 0 Å². The number of amides is 1. The Kier molecular flexibility index (Phi) is 7.21. The Balaban J connectivity index is 1.84. The van der Waals surface area contributed by atoms with Crippen LogP contribution in [0.25, 0.3) is 0 Å². The van der Waals surface area contributed by atoms with Crippen LogP contribution in [0.3, 0.4) is 0 Å². The summed E-state index contributed by atoms with van der Waals surface area (Å²) in [5.74, 6) is 0.00917. The Labute approximate surface area is 154 Å². The second-order valence-electron chi connectivity index (χ2n) is 6.03. The molecule has 0 spiro atoms. The van der Waals surface area contributed by atoms with Gasteiger partial charge in [0.25, 0.3) is 5.91 Å². The van der Waals surface area contributed by atoms with Gasteiger partial charge >= 0.3 is 5.97 Å². The van der Waals surface area contributed by atoms with Gasteiger partial charge in [0.05, 0.1) is 6.61 Å². The molecular weight excluding hydrogens is 330 g/mol. The van der Waals surface area contributed by atoms with E-state index < -0.39 is 12.1 Å². The molecule has 5 heteroatoms. The lowest BCUT2D eigenvalue weighted by Gasteiger charge is -2.14. The van der Waals surface area contributed by atoms with Crippen LogP contribution in [-0.2, 0) is 20.7 Å². The van der Waals surface area contributed by atoms with Gasteiger partial charge in [-0.3, -0.25) is 9.59 Å². The zero-order chi connectivity index (χ0) is 18.9. The highest BCUT2D eigenvalue weighted by Crippen LogP contribution is 2.20. The number of anilines is 1. The first-order valence-corrected chi connectivity index (χ1v) is 8.77. The molecule has 0 aliphatic rings. The van der Waals surface area contributed by atoms with Gasteiger partial charge in [-0.05, 0) is 56.5 Å². The lowest BCUT2D eigenvalue weighted by Crippen LogP contribution is -2.30. The lowest BCUT2D eigenvalue weighted by molar-refractivity contribution is -0.153. The highest BCUT2D eigenvalue weighted by atomic mass is 16.5. The molecule has 0 bridgehead atoms. The lowest BCUT2D eigenvalue weighted by atomic mass is 10.1. The van der Waals surface area contributed by atoms with E-state index in [0.717, 1.165) is 16.9 Å². The minimum absolute atomic E-state index is 0.187. The maximum absolute atomic E-state index is 12.2. The van der Waals surface area contributed by atoms with Crippen LogP contribution in [0.1, 0.15) is 31.4 Å². The minimum atomic E-state index is -0.856. The summed E-state index contributed by atoms with van der Waals surface area (Å²) >= 11 is 0. The zero-order valence-electron chi connectivity index (χ0n) is 15.5. The van der Waals surface area contributed by atoms with Crippen molar-refractivity contribution in [3.05, 3.63) is 59.7 Å². The van der Waals surface area contributed by atoms with Crippen molar-refractivity contribution >= 4 is 17.6 Å². The molecule has 2 aromatic rings. The molecule has 0 heterocycles. The van der Waals surface area contributed by atoms with Crippen molar-refractivity contribution in [3.8, 4) is 5.75 Å². The van der Waals surface area contributed by atoms with Crippen molar-refractivity contribution in [1.82, 2.24) is 0 Å². The largest absolute Gasteiger partial charge is 0.494 e. The first-order valence-electron chi connectivity index (χ1n) is 8.77. The summed E-state index contributed by atoms with van der Waals surface area (Å²) in [6.07, 6.45) is -0.168. The monoisotopic (exact) mass is 355 g/mol. The van der Waals surface area contributed by atoms with E-state index in [-0.39, 0.29) is 12.3 Å². The van der Waals surface area contributed by atoms with E-state index in [2.05, 4.69) is 5.32 Å². The van der Waals surface area contributed by atoms with Gasteiger partial charge < -0.3 is 14.8 Å². The molecular formula is C21H25NO4. The van der Waals surface area contributed by atoms with Gasteiger partial charge in [-0.25, -0.2) is 0 Å². The van der Waals surface area contributed by atoms with Crippen molar-refractivity contribution in [3.63, 3.8) is 0 Å². The number of rotatable bonds is 8. The van der Waals surface area contributed by atoms with E-state index in [4.69, 9.17) is 9.47 Å². The maximum atomic E-state index is 12.2. The smallest absolute Gasteiger partial charge is 0.306 e. The molecule has 1 atom stereocenters. The first-order chi connectivity index (χ1) is 12.5. The average molecular weight is 355 g/mol. The van der Waals surface area contributed by atoms with Crippen LogP contribution >= 0.6 is 0 Å². The number of benzene rings is 2. The molecule has 0 aliphatic carbocycles. The number of hydrogen-bond donors (Lipinski definition) is 1. The third-order valence-corrected chi connectivity index (χ3v) is 3.83. The minimum Gasteiger partial charge on any atom is -0.494 e. The predicted octanol–water partition coefficient (Wildman–Crippen LogP) is 3.90. The Hall–Kier alpha value is -2.82. The number of nitrogens with one attached hydrogen (secondary N) is 1. The summed E-state index contributed by atoms with van der Waals surface area (Å²) in [6.45, 7) is 5.99. The number of carbonyl (C=O) groups is 2. The third kappa shape index (κ3) is 5.92. The summed E-state index contributed by atoms with van der Waals surface area (Å²) < 4.78 is 10.8. The molecule has 1 amide bonds. The van der Waals surface area contributed by atoms with Gasteiger partial charge in [-0.1, -0.05) is 30.3 Å². The maximum Gasteiger partial charge on any atom is 0.306 e. The number of hydrogen-bond acceptors (Lipinski definition) is 4. The molecule has 0 radical (unpaired) electrons. The van der Waals surface area contributed by atoms with Crippen LogP contribution < -0.4 is 10.1 Å². The van der Waals surface area contributed by atoms with Crippen molar-refractivity contribution in [2.75, 3.05) is 11.9 Å². The second-order valence-corrected chi connectivity index (χ2v) is 6.03. The summed E-state index contributed by atoms with van der Waals surface area (Å²) in [5.41, 5.74) is 2.67. The first kappa shape index (κ1) is 19.5. The van der Waals surface area contributed by atoms with E-state index in [9.17, 15) is 9.59 Å². The van der Waals surface area contributed by atoms with Crippen molar-refractivity contribution in [2.24, 2.45) is 0 Å². The number of para-hydroxylation sites is 1. The number of esters is 1. The molecule has 1 unspecified atom stereocenters. The highest BCUT2D eigenvalue weighted by molar-refractivity contribution is 5.95. The highest BCUT2D eigenvalue weighted by Gasteiger charge is 2.18. The molecule has 2 aromatic carbocycles. The Bertz CT molecular complexity index is 757. The molecule has 0 saturated carbocycles. The topological polar surface area (TPSA) is 64.6 Å². The second kappa shape index (κ2) is 9.61. The van der Waals surface area contributed by atoms with Crippen LogP contribution in [0.5, 0.6) is 5.75 Å². The molecule has 5 nitrogen and oxygen atoms in total. The van der Waals surface area contributed by atoms with Crippen molar-refractivity contribution in [1.29, 1.82) is 0 Å². The SMILES string of the molecule is CCOc1ccccc1CCC(=O)OC(C)C(=O)Nc1cccc(C)c1. The van der Waals surface area contributed by atoms with E-state index in [1.54, 1.807) is 13.0 Å². The average Bonchev–Trinajstić information content (AvgIpc) is 2.61. The Morgan fingerprint density at radius 2 is 1.88 bits per heavy atom. The zero-order valence-corrected chi connectivity index (χ0v) is 15.5. The van der Waals surface area contributed by atoms with Gasteiger partial charge in [0.15, 0.2) is 6.10 Å². The van der Waals surface area contributed by atoms with Crippen LogP contribution in [0.4, 0.5) is 5.69 Å². The normalized spacial score (nSPS) is 11.5.